The number of amides is 1. The molecule has 0 bridgehead atoms. The molecule has 0 spiro atoms. The summed E-state index contributed by atoms with van der Waals surface area (Å²) in [4.78, 5) is 45.1. The number of hydrogen-bond acceptors (Lipinski definition) is 10. The number of rotatable bonds is 6. The maximum Gasteiger partial charge on any atom is 0.350 e. The minimum absolute atomic E-state index is 0.123. The SMILES string of the molecule is CCOC(=O)c1sc(N2C(=O)C(=O)C(=C(O)c3ccc4c(c3)OCCO4)[C@@H]2c2ccc(OC)cc2)nc1C. The summed E-state index contributed by atoms with van der Waals surface area (Å²) < 4.78 is 21.5. The second-order valence-electron chi connectivity index (χ2n) is 8.43. The third kappa shape index (κ3) is 4.34. The van der Waals surface area contributed by atoms with Crippen molar-refractivity contribution < 1.29 is 38.4 Å². The van der Waals surface area contributed by atoms with E-state index < -0.39 is 23.7 Å². The van der Waals surface area contributed by atoms with Crippen LogP contribution in [0.1, 0.15) is 39.5 Å². The molecule has 0 aliphatic carbocycles. The smallest absolute Gasteiger partial charge is 0.350 e. The highest BCUT2D eigenvalue weighted by molar-refractivity contribution is 7.17. The molecule has 2 aliphatic rings. The second kappa shape index (κ2) is 10.2. The Hall–Kier alpha value is -4.38. The van der Waals surface area contributed by atoms with Crippen molar-refractivity contribution in [2.24, 2.45) is 0 Å². The lowest BCUT2D eigenvalue weighted by atomic mass is 9.95. The highest BCUT2D eigenvalue weighted by Gasteiger charge is 2.48. The van der Waals surface area contributed by atoms with Crippen LogP contribution in [0, 0.1) is 6.92 Å². The van der Waals surface area contributed by atoms with Gasteiger partial charge in [-0.15, -0.1) is 0 Å². The predicted molar refractivity (Wildman–Crippen MR) is 138 cm³/mol. The third-order valence-electron chi connectivity index (χ3n) is 6.14. The van der Waals surface area contributed by atoms with Crippen LogP contribution < -0.4 is 19.1 Å². The Kier molecular flexibility index (Phi) is 6.77. The highest BCUT2D eigenvalue weighted by Crippen LogP contribution is 2.45. The van der Waals surface area contributed by atoms with Crippen LogP contribution in [-0.4, -0.2) is 54.7 Å². The molecule has 1 atom stereocenters. The van der Waals surface area contributed by atoms with Crippen molar-refractivity contribution in [3.05, 3.63) is 69.7 Å². The van der Waals surface area contributed by atoms with Gasteiger partial charge in [-0.25, -0.2) is 9.78 Å². The number of nitrogens with zero attached hydrogens (tertiary/aromatic N) is 2. The molecule has 1 fully saturated rings. The first-order chi connectivity index (χ1) is 18.3. The Balaban J connectivity index is 1.66. The lowest BCUT2D eigenvalue weighted by Gasteiger charge is -2.23. The molecule has 5 rings (SSSR count). The first-order valence-corrected chi connectivity index (χ1v) is 12.6. The van der Waals surface area contributed by atoms with Gasteiger partial charge in [0, 0.05) is 5.56 Å². The van der Waals surface area contributed by atoms with Crippen LogP contribution in [0.5, 0.6) is 17.2 Å². The number of carbonyl (C=O) groups is 3. The molecular weight excluding hydrogens is 512 g/mol. The van der Waals surface area contributed by atoms with E-state index in [0.717, 1.165) is 11.3 Å². The minimum Gasteiger partial charge on any atom is -0.507 e. The van der Waals surface area contributed by atoms with Gasteiger partial charge in [-0.2, -0.15) is 0 Å². The summed E-state index contributed by atoms with van der Waals surface area (Å²) in [5.41, 5.74) is 1.07. The Morgan fingerprint density at radius 3 is 2.53 bits per heavy atom. The number of aliphatic hydroxyl groups excluding tert-OH is 1. The molecule has 1 amide bonds. The molecule has 11 heteroatoms. The van der Waals surface area contributed by atoms with E-state index in [0.29, 0.717) is 41.7 Å². The van der Waals surface area contributed by atoms with Crippen molar-refractivity contribution in [2.75, 3.05) is 31.8 Å². The molecule has 0 unspecified atom stereocenters. The topological polar surface area (TPSA) is 124 Å². The first kappa shape index (κ1) is 25.3. The van der Waals surface area contributed by atoms with Gasteiger partial charge in [-0.3, -0.25) is 14.5 Å². The van der Waals surface area contributed by atoms with E-state index in [1.165, 1.54) is 12.0 Å². The van der Waals surface area contributed by atoms with E-state index in [-0.39, 0.29) is 33.5 Å². The van der Waals surface area contributed by atoms with E-state index in [9.17, 15) is 19.5 Å². The van der Waals surface area contributed by atoms with Gasteiger partial charge in [0.1, 0.15) is 29.6 Å². The van der Waals surface area contributed by atoms with Crippen molar-refractivity contribution in [3.63, 3.8) is 0 Å². The Morgan fingerprint density at radius 1 is 1.13 bits per heavy atom. The summed E-state index contributed by atoms with van der Waals surface area (Å²) in [6.07, 6.45) is 0. The molecule has 1 aromatic heterocycles. The molecule has 2 aromatic carbocycles. The first-order valence-electron chi connectivity index (χ1n) is 11.8. The number of anilines is 1. The highest BCUT2D eigenvalue weighted by atomic mass is 32.1. The summed E-state index contributed by atoms with van der Waals surface area (Å²) in [7, 11) is 1.53. The van der Waals surface area contributed by atoms with E-state index >= 15 is 0 Å². The number of aromatic nitrogens is 1. The van der Waals surface area contributed by atoms with E-state index in [1.807, 2.05) is 0 Å². The number of aliphatic hydroxyl groups is 1. The second-order valence-corrected chi connectivity index (χ2v) is 9.41. The van der Waals surface area contributed by atoms with Crippen molar-refractivity contribution in [1.29, 1.82) is 0 Å². The summed E-state index contributed by atoms with van der Waals surface area (Å²) in [6.45, 7) is 4.24. The lowest BCUT2D eigenvalue weighted by molar-refractivity contribution is -0.132. The Bertz CT molecular complexity index is 1460. The van der Waals surface area contributed by atoms with E-state index in [2.05, 4.69) is 4.98 Å². The van der Waals surface area contributed by atoms with Gasteiger partial charge in [0.2, 0.25) is 0 Å². The van der Waals surface area contributed by atoms with Crippen molar-refractivity contribution in [2.45, 2.75) is 19.9 Å². The number of methoxy groups -OCH3 is 1. The number of carbonyl (C=O) groups excluding carboxylic acids is 3. The van der Waals surface area contributed by atoms with Crippen LogP contribution in [-0.2, 0) is 14.3 Å². The molecule has 1 saturated heterocycles. The average Bonchev–Trinajstić information content (AvgIpc) is 3.44. The zero-order valence-corrected chi connectivity index (χ0v) is 21.7. The van der Waals surface area contributed by atoms with Crippen LogP contribution in [0.2, 0.25) is 0 Å². The van der Waals surface area contributed by atoms with Crippen LogP contribution >= 0.6 is 11.3 Å². The monoisotopic (exact) mass is 536 g/mol. The van der Waals surface area contributed by atoms with Gasteiger partial charge in [-0.05, 0) is 49.7 Å². The number of Topliss-reactive ketones (excluding diaryl/α,β-unsaturated/α-hetero) is 1. The standard InChI is InChI=1S/C27H24N2O8S/c1-4-35-26(33)24-14(2)28-27(38-24)29-21(15-5-8-17(34-3)9-6-15)20(23(31)25(29)32)22(30)16-7-10-18-19(13-16)37-12-11-36-18/h5-10,13,21,30H,4,11-12H2,1-3H3/t21-/m0/s1. The Labute approximate surface area is 222 Å². The van der Waals surface area contributed by atoms with Gasteiger partial charge < -0.3 is 24.1 Å². The van der Waals surface area contributed by atoms with Crippen LogP contribution in [0.4, 0.5) is 5.13 Å². The molecule has 196 valence electrons. The van der Waals surface area contributed by atoms with Gasteiger partial charge in [0.15, 0.2) is 16.6 Å². The number of ketones is 1. The molecule has 10 nitrogen and oxygen atoms in total. The zero-order chi connectivity index (χ0) is 27.0. The summed E-state index contributed by atoms with van der Waals surface area (Å²) in [5, 5.41) is 11.5. The maximum absolute atomic E-state index is 13.4. The molecule has 1 N–H and O–H groups in total. The normalized spacial score (nSPS) is 18.0. The molecule has 0 radical (unpaired) electrons. The quantitative estimate of drug-likeness (QED) is 0.215. The number of ether oxygens (including phenoxy) is 4. The summed E-state index contributed by atoms with van der Waals surface area (Å²) in [5.74, 6) is -1.19. The molecule has 3 heterocycles. The fraction of sp³-hybridized carbons (Fsp3) is 0.259. The molecule has 3 aromatic rings. The largest absolute Gasteiger partial charge is 0.507 e. The third-order valence-corrected chi connectivity index (χ3v) is 7.28. The van der Waals surface area contributed by atoms with Gasteiger partial charge in [-0.1, -0.05) is 23.5 Å². The summed E-state index contributed by atoms with van der Waals surface area (Å²) >= 11 is 0.947. The maximum atomic E-state index is 13.4. The molecule has 2 aliphatic heterocycles. The van der Waals surface area contributed by atoms with Gasteiger partial charge in [0.25, 0.3) is 5.78 Å². The lowest BCUT2D eigenvalue weighted by Crippen LogP contribution is -2.29. The fourth-order valence-corrected chi connectivity index (χ4v) is 5.34. The number of fused-ring (bicyclic) bond motifs is 1. The molecular formula is C27H24N2O8S. The van der Waals surface area contributed by atoms with E-state index in [1.54, 1.807) is 56.3 Å². The number of hydrogen-bond donors (Lipinski definition) is 1. The average molecular weight is 537 g/mol. The molecule has 38 heavy (non-hydrogen) atoms. The summed E-state index contributed by atoms with van der Waals surface area (Å²) in [6, 6.07) is 10.6. The van der Waals surface area contributed by atoms with Crippen molar-refractivity contribution in [3.8, 4) is 17.2 Å². The number of esters is 1. The van der Waals surface area contributed by atoms with Gasteiger partial charge >= 0.3 is 11.9 Å². The Morgan fingerprint density at radius 2 is 1.84 bits per heavy atom. The van der Waals surface area contributed by atoms with E-state index in [4.69, 9.17) is 18.9 Å². The number of aryl methyl sites for hydroxylation is 1. The van der Waals surface area contributed by atoms with Crippen LogP contribution in [0.15, 0.2) is 48.0 Å². The number of benzene rings is 2. The van der Waals surface area contributed by atoms with Crippen LogP contribution in [0.25, 0.3) is 5.76 Å². The predicted octanol–water partition coefficient (Wildman–Crippen LogP) is 4.03. The van der Waals surface area contributed by atoms with Crippen molar-refractivity contribution in [1.82, 2.24) is 4.98 Å². The van der Waals surface area contributed by atoms with Gasteiger partial charge in [0.05, 0.1) is 31.0 Å². The fourth-order valence-electron chi connectivity index (χ4n) is 4.35. The molecule has 0 saturated carbocycles. The zero-order valence-electron chi connectivity index (χ0n) is 20.8. The minimum atomic E-state index is -1.02. The van der Waals surface area contributed by atoms with Crippen molar-refractivity contribution >= 4 is 39.9 Å². The number of thiazole rings is 1. The van der Waals surface area contributed by atoms with Crippen LogP contribution in [0.3, 0.4) is 0 Å².